The van der Waals surface area contributed by atoms with Crippen LogP contribution in [0.1, 0.15) is 42.7 Å². The second-order valence-corrected chi connectivity index (χ2v) is 7.71. The van der Waals surface area contributed by atoms with E-state index in [-0.39, 0.29) is 12.4 Å². The molecule has 1 saturated carbocycles. The van der Waals surface area contributed by atoms with Crippen LogP contribution >= 0.6 is 11.6 Å². The third-order valence-electron chi connectivity index (χ3n) is 5.46. The molecule has 148 valence electrons. The van der Waals surface area contributed by atoms with Crippen molar-refractivity contribution in [3.8, 4) is 0 Å². The van der Waals surface area contributed by atoms with Gasteiger partial charge in [0, 0.05) is 23.6 Å². The summed E-state index contributed by atoms with van der Waals surface area (Å²) >= 11 is 6.52. The highest BCUT2D eigenvalue weighted by atomic mass is 35.5. The Labute approximate surface area is 169 Å². The van der Waals surface area contributed by atoms with E-state index in [4.69, 9.17) is 25.8 Å². The van der Waals surface area contributed by atoms with Crippen LogP contribution in [0.3, 0.4) is 0 Å². The van der Waals surface area contributed by atoms with Gasteiger partial charge >= 0.3 is 6.09 Å². The lowest BCUT2D eigenvalue weighted by Crippen LogP contribution is -2.34. The molecule has 6 heteroatoms. The van der Waals surface area contributed by atoms with Gasteiger partial charge in [0.05, 0.1) is 13.2 Å². The highest BCUT2D eigenvalue weighted by molar-refractivity contribution is 6.31. The van der Waals surface area contributed by atoms with Crippen LogP contribution in [0.4, 0.5) is 10.5 Å². The van der Waals surface area contributed by atoms with Crippen molar-refractivity contribution in [2.45, 2.75) is 44.0 Å². The number of halogens is 1. The minimum atomic E-state index is -0.497. The van der Waals surface area contributed by atoms with Crippen LogP contribution < -0.4 is 5.32 Å². The van der Waals surface area contributed by atoms with E-state index in [2.05, 4.69) is 5.32 Å². The van der Waals surface area contributed by atoms with Crippen molar-refractivity contribution in [3.63, 3.8) is 0 Å². The molecule has 0 unspecified atom stereocenters. The highest BCUT2D eigenvalue weighted by Crippen LogP contribution is 2.44. The Morgan fingerprint density at radius 1 is 1.11 bits per heavy atom. The predicted octanol–water partition coefficient (Wildman–Crippen LogP) is 5.49. The number of carbonyl (C=O) groups excluding carboxylic acids is 1. The summed E-state index contributed by atoms with van der Waals surface area (Å²) < 4.78 is 16.8. The van der Waals surface area contributed by atoms with E-state index in [0.29, 0.717) is 29.8 Å². The van der Waals surface area contributed by atoms with E-state index in [1.807, 2.05) is 42.5 Å². The Bertz CT molecular complexity index is 811. The minimum absolute atomic E-state index is 0.229. The topological polar surface area (TPSA) is 56.8 Å². The molecule has 0 aromatic heterocycles. The van der Waals surface area contributed by atoms with Crippen LogP contribution in [0.25, 0.3) is 0 Å². The predicted molar refractivity (Wildman–Crippen MR) is 108 cm³/mol. The molecule has 1 aliphatic heterocycles. The average molecular weight is 402 g/mol. The summed E-state index contributed by atoms with van der Waals surface area (Å²) in [7, 11) is 0. The number of amides is 1. The Morgan fingerprint density at radius 2 is 1.82 bits per heavy atom. The van der Waals surface area contributed by atoms with Crippen molar-refractivity contribution in [2.75, 3.05) is 18.5 Å². The maximum atomic E-state index is 12.0. The average Bonchev–Trinajstić information content (AvgIpc) is 3.16. The van der Waals surface area contributed by atoms with E-state index in [1.165, 1.54) is 0 Å². The van der Waals surface area contributed by atoms with E-state index in [1.54, 1.807) is 6.07 Å². The molecule has 2 aromatic rings. The van der Waals surface area contributed by atoms with Gasteiger partial charge in [0.1, 0.15) is 6.61 Å². The lowest BCUT2D eigenvalue weighted by Gasteiger charge is -2.35. The third-order valence-corrected chi connectivity index (χ3v) is 5.79. The monoisotopic (exact) mass is 401 g/mol. The first-order valence-electron chi connectivity index (χ1n) is 9.69. The maximum absolute atomic E-state index is 12.0. The van der Waals surface area contributed by atoms with Gasteiger partial charge in [-0.2, -0.15) is 0 Å². The molecular weight excluding hydrogens is 378 g/mol. The van der Waals surface area contributed by atoms with E-state index < -0.39 is 6.09 Å². The quantitative estimate of drug-likeness (QED) is 0.736. The largest absolute Gasteiger partial charge is 0.444 e. The number of anilines is 1. The third kappa shape index (κ3) is 4.49. The van der Waals surface area contributed by atoms with Gasteiger partial charge < -0.3 is 14.2 Å². The lowest BCUT2D eigenvalue weighted by molar-refractivity contribution is -0.178. The first kappa shape index (κ1) is 19.2. The van der Waals surface area contributed by atoms with Gasteiger partial charge in [-0.3, -0.25) is 5.32 Å². The zero-order valence-corrected chi connectivity index (χ0v) is 16.4. The van der Waals surface area contributed by atoms with Crippen molar-refractivity contribution in [3.05, 3.63) is 64.7 Å². The summed E-state index contributed by atoms with van der Waals surface area (Å²) in [5.74, 6) is 0.0116. The van der Waals surface area contributed by atoms with Crippen LogP contribution in [0.15, 0.2) is 48.5 Å². The molecule has 1 heterocycles. The van der Waals surface area contributed by atoms with Crippen molar-refractivity contribution >= 4 is 23.4 Å². The highest BCUT2D eigenvalue weighted by Gasteiger charge is 2.40. The molecule has 1 saturated heterocycles. The molecule has 2 aliphatic rings. The minimum Gasteiger partial charge on any atom is -0.444 e. The summed E-state index contributed by atoms with van der Waals surface area (Å²) in [6, 6.07) is 15.2. The summed E-state index contributed by atoms with van der Waals surface area (Å²) in [5.41, 5.74) is 2.68. The van der Waals surface area contributed by atoms with E-state index in [0.717, 1.165) is 36.8 Å². The Morgan fingerprint density at radius 3 is 2.50 bits per heavy atom. The molecule has 0 bridgehead atoms. The van der Waals surface area contributed by atoms with E-state index >= 15 is 0 Å². The number of hydrogen-bond acceptors (Lipinski definition) is 4. The number of benzene rings is 2. The number of carbonyl (C=O) groups is 1. The van der Waals surface area contributed by atoms with Gasteiger partial charge in [-0.25, -0.2) is 4.79 Å². The summed E-state index contributed by atoms with van der Waals surface area (Å²) in [6.45, 7) is 1.60. The zero-order chi connectivity index (χ0) is 19.4. The van der Waals surface area contributed by atoms with Gasteiger partial charge in [0.2, 0.25) is 0 Å². The number of ether oxygens (including phenoxy) is 3. The molecule has 1 amide bonds. The fourth-order valence-corrected chi connectivity index (χ4v) is 4.30. The molecule has 2 fully saturated rings. The molecule has 1 spiro atoms. The molecule has 2 aromatic carbocycles. The Balaban J connectivity index is 1.32. The summed E-state index contributed by atoms with van der Waals surface area (Å²) in [5, 5.41) is 3.40. The van der Waals surface area contributed by atoms with Crippen molar-refractivity contribution < 1.29 is 19.0 Å². The second-order valence-electron chi connectivity index (χ2n) is 7.30. The second kappa shape index (κ2) is 8.52. The SMILES string of the molecule is O=C(Nc1ccc(C2CCC3(CC2)OCCO3)c(Cl)c1)OCc1ccccc1. The zero-order valence-electron chi connectivity index (χ0n) is 15.7. The van der Waals surface area contributed by atoms with Gasteiger partial charge in [-0.15, -0.1) is 0 Å². The first-order valence-corrected chi connectivity index (χ1v) is 10.1. The van der Waals surface area contributed by atoms with Crippen molar-refractivity contribution in [1.29, 1.82) is 0 Å². The maximum Gasteiger partial charge on any atom is 0.411 e. The summed E-state index contributed by atoms with van der Waals surface area (Å²) in [6.07, 6.45) is 3.24. The molecule has 28 heavy (non-hydrogen) atoms. The fourth-order valence-electron chi connectivity index (χ4n) is 3.97. The molecule has 5 nitrogen and oxygen atoms in total. The van der Waals surface area contributed by atoms with Crippen LogP contribution in [-0.2, 0) is 20.8 Å². The molecule has 1 aliphatic carbocycles. The van der Waals surface area contributed by atoms with Crippen LogP contribution in [0.5, 0.6) is 0 Å². The number of nitrogens with one attached hydrogen (secondary N) is 1. The molecular formula is C22H24ClNO4. The van der Waals surface area contributed by atoms with Crippen molar-refractivity contribution in [1.82, 2.24) is 0 Å². The van der Waals surface area contributed by atoms with Crippen LogP contribution in [0, 0.1) is 0 Å². The van der Waals surface area contributed by atoms with Crippen molar-refractivity contribution in [2.24, 2.45) is 0 Å². The first-order chi connectivity index (χ1) is 13.6. The standard InChI is InChI=1S/C22H24ClNO4/c23-20-14-18(24-21(25)26-15-16-4-2-1-3-5-16)6-7-19(20)17-8-10-22(11-9-17)27-12-13-28-22/h1-7,14,17H,8-13,15H2,(H,24,25). The van der Waals surface area contributed by atoms with Gasteiger partial charge in [0.25, 0.3) is 0 Å². The summed E-state index contributed by atoms with van der Waals surface area (Å²) in [4.78, 5) is 12.0. The molecule has 4 rings (SSSR count). The number of hydrogen-bond donors (Lipinski definition) is 1. The van der Waals surface area contributed by atoms with Crippen LogP contribution in [-0.4, -0.2) is 25.1 Å². The Kier molecular flexibility index (Phi) is 5.85. The molecule has 1 N–H and O–H groups in total. The molecule has 0 radical (unpaired) electrons. The normalized spacial score (nSPS) is 18.9. The lowest BCUT2D eigenvalue weighted by atomic mass is 9.81. The van der Waals surface area contributed by atoms with Gasteiger partial charge in [-0.1, -0.05) is 48.0 Å². The van der Waals surface area contributed by atoms with Crippen LogP contribution in [0.2, 0.25) is 5.02 Å². The van der Waals surface area contributed by atoms with Gasteiger partial charge in [-0.05, 0) is 42.0 Å². The smallest absolute Gasteiger partial charge is 0.411 e. The number of rotatable bonds is 4. The fraction of sp³-hybridized carbons (Fsp3) is 0.409. The van der Waals surface area contributed by atoms with E-state index in [9.17, 15) is 4.79 Å². The Hall–Kier alpha value is -2.08. The van der Waals surface area contributed by atoms with Gasteiger partial charge in [0.15, 0.2) is 5.79 Å². The molecule has 0 atom stereocenters.